The molecule has 0 atom stereocenters. The molecule has 0 aliphatic carbocycles. The van der Waals surface area contributed by atoms with Crippen molar-refractivity contribution in [3.05, 3.63) is 47.0 Å². The Kier molecular flexibility index (Phi) is 6.10. The number of hydrogen-bond donors (Lipinski definition) is 2. The van der Waals surface area contributed by atoms with E-state index in [1.54, 1.807) is 44.6 Å². The van der Waals surface area contributed by atoms with Crippen LogP contribution in [0.5, 0.6) is 11.5 Å². The second-order valence-corrected chi connectivity index (χ2v) is 7.38. The number of carbonyl (C=O) groups excluding carboxylic acids is 1. The third-order valence-electron chi connectivity index (χ3n) is 3.64. The molecule has 1 aromatic heterocycles. The zero-order chi connectivity index (χ0) is 19.4. The van der Waals surface area contributed by atoms with E-state index in [4.69, 9.17) is 33.3 Å². The highest BCUT2D eigenvalue weighted by molar-refractivity contribution is 7.80. The zero-order valence-corrected chi connectivity index (χ0v) is 16.9. The van der Waals surface area contributed by atoms with Crippen LogP contribution in [0.15, 0.2) is 36.4 Å². The Hall–Kier alpha value is -2.42. The number of carbonyl (C=O) groups is 1. The van der Waals surface area contributed by atoms with E-state index in [2.05, 4.69) is 15.6 Å². The number of aromatic nitrogens is 1. The van der Waals surface area contributed by atoms with Crippen molar-refractivity contribution in [1.29, 1.82) is 0 Å². The van der Waals surface area contributed by atoms with Crippen molar-refractivity contribution < 1.29 is 14.3 Å². The highest BCUT2D eigenvalue weighted by atomic mass is 35.5. The van der Waals surface area contributed by atoms with Crippen LogP contribution in [-0.2, 0) is 11.2 Å². The maximum atomic E-state index is 12.1. The lowest BCUT2D eigenvalue weighted by molar-refractivity contribution is -0.119. The smallest absolute Gasteiger partial charge is 0.230 e. The fraction of sp³-hybridized carbons (Fsp3) is 0.167. The van der Waals surface area contributed by atoms with Crippen LogP contribution in [0.1, 0.15) is 5.56 Å². The normalized spacial score (nSPS) is 10.5. The van der Waals surface area contributed by atoms with Crippen LogP contribution < -0.4 is 20.1 Å². The first-order chi connectivity index (χ1) is 13.0. The SMILES string of the molecule is COc1cc(OC)c2nc(NC(=S)NC(=O)Cc3ccc(Cl)cc3)sc2c1. The van der Waals surface area contributed by atoms with Crippen LogP contribution >= 0.6 is 35.2 Å². The molecule has 3 rings (SSSR count). The van der Waals surface area contributed by atoms with E-state index in [9.17, 15) is 4.79 Å². The Morgan fingerprint density at radius 1 is 1.22 bits per heavy atom. The number of halogens is 1. The molecule has 0 unspecified atom stereocenters. The van der Waals surface area contributed by atoms with Gasteiger partial charge in [-0.2, -0.15) is 0 Å². The summed E-state index contributed by atoms with van der Waals surface area (Å²) < 4.78 is 11.5. The minimum Gasteiger partial charge on any atom is -0.497 e. The standard InChI is InChI=1S/C18H16ClN3O3S2/c1-24-12-8-13(25-2)16-14(9-12)27-18(21-16)22-17(26)20-15(23)7-10-3-5-11(19)6-4-10/h3-6,8-9H,7H2,1-2H3,(H2,20,21,22,23,26). The number of amides is 1. The maximum Gasteiger partial charge on any atom is 0.230 e. The molecule has 2 aromatic carbocycles. The van der Waals surface area contributed by atoms with Gasteiger partial charge in [0.1, 0.15) is 17.0 Å². The lowest BCUT2D eigenvalue weighted by atomic mass is 10.1. The van der Waals surface area contributed by atoms with Gasteiger partial charge in [0.2, 0.25) is 5.91 Å². The number of rotatable bonds is 5. The summed E-state index contributed by atoms with van der Waals surface area (Å²) in [6.45, 7) is 0. The minimum absolute atomic E-state index is 0.180. The first-order valence-electron chi connectivity index (χ1n) is 7.86. The van der Waals surface area contributed by atoms with E-state index in [0.29, 0.717) is 27.2 Å². The molecule has 0 fully saturated rings. The number of benzene rings is 2. The van der Waals surface area contributed by atoms with Crippen molar-refractivity contribution in [1.82, 2.24) is 10.3 Å². The van der Waals surface area contributed by atoms with Crippen LogP contribution in [-0.4, -0.2) is 30.2 Å². The van der Waals surface area contributed by atoms with Gasteiger partial charge in [-0.25, -0.2) is 4.98 Å². The fourth-order valence-corrected chi connectivity index (χ4v) is 3.71. The van der Waals surface area contributed by atoms with E-state index in [-0.39, 0.29) is 17.4 Å². The van der Waals surface area contributed by atoms with Crippen molar-refractivity contribution in [3.8, 4) is 11.5 Å². The summed E-state index contributed by atoms with van der Waals surface area (Å²) in [5.41, 5.74) is 1.54. The third kappa shape index (κ3) is 4.85. The number of nitrogens with zero attached hydrogens (tertiary/aromatic N) is 1. The molecule has 3 aromatic rings. The van der Waals surface area contributed by atoms with Crippen molar-refractivity contribution in [2.45, 2.75) is 6.42 Å². The van der Waals surface area contributed by atoms with Crippen LogP contribution in [0.3, 0.4) is 0 Å². The van der Waals surface area contributed by atoms with Crippen LogP contribution in [0.4, 0.5) is 5.13 Å². The molecular formula is C18H16ClN3O3S2. The quantitative estimate of drug-likeness (QED) is 0.606. The summed E-state index contributed by atoms with van der Waals surface area (Å²) >= 11 is 12.4. The largest absolute Gasteiger partial charge is 0.497 e. The van der Waals surface area contributed by atoms with Gasteiger partial charge in [0, 0.05) is 11.1 Å². The molecule has 140 valence electrons. The maximum absolute atomic E-state index is 12.1. The average molecular weight is 422 g/mol. The van der Waals surface area contributed by atoms with E-state index < -0.39 is 0 Å². The molecule has 0 saturated carbocycles. The molecule has 2 N–H and O–H groups in total. The van der Waals surface area contributed by atoms with E-state index in [1.807, 2.05) is 6.07 Å². The first-order valence-corrected chi connectivity index (χ1v) is 9.46. The number of nitrogens with one attached hydrogen (secondary N) is 2. The molecule has 0 bridgehead atoms. The third-order valence-corrected chi connectivity index (χ3v) is 5.01. The van der Waals surface area contributed by atoms with Crippen molar-refractivity contribution >= 4 is 61.5 Å². The lowest BCUT2D eigenvalue weighted by Gasteiger charge is -2.07. The van der Waals surface area contributed by atoms with Gasteiger partial charge in [-0.15, -0.1) is 0 Å². The van der Waals surface area contributed by atoms with E-state index >= 15 is 0 Å². The van der Waals surface area contributed by atoms with Gasteiger partial charge in [0.05, 0.1) is 25.3 Å². The Morgan fingerprint density at radius 3 is 2.63 bits per heavy atom. The molecule has 1 heterocycles. The Balaban J connectivity index is 1.66. The highest BCUT2D eigenvalue weighted by Gasteiger charge is 2.13. The van der Waals surface area contributed by atoms with Gasteiger partial charge in [0.25, 0.3) is 0 Å². The number of anilines is 1. The van der Waals surface area contributed by atoms with Gasteiger partial charge < -0.3 is 20.1 Å². The summed E-state index contributed by atoms with van der Waals surface area (Å²) in [4.78, 5) is 16.6. The molecule has 0 saturated heterocycles. The Labute approximate surface area is 170 Å². The monoisotopic (exact) mass is 421 g/mol. The fourth-order valence-electron chi connectivity index (χ4n) is 2.39. The molecule has 1 amide bonds. The second-order valence-electron chi connectivity index (χ2n) is 5.50. The number of fused-ring (bicyclic) bond motifs is 1. The van der Waals surface area contributed by atoms with Crippen molar-refractivity contribution in [3.63, 3.8) is 0 Å². The Bertz CT molecular complexity index is 989. The van der Waals surface area contributed by atoms with Gasteiger partial charge >= 0.3 is 0 Å². The number of methoxy groups -OCH3 is 2. The molecule has 0 aliphatic rings. The summed E-state index contributed by atoms with van der Waals surface area (Å²) in [5, 5.41) is 6.93. The highest BCUT2D eigenvalue weighted by Crippen LogP contribution is 2.36. The average Bonchev–Trinajstić information content (AvgIpc) is 3.04. The molecule has 0 spiro atoms. The van der Waals surface area contributed by atoms with Crippen LogP contribution in [0.2, 0.25) is 5.02 Å². The summed E-state index contributed by atoms with van der Waals surface area (Å²) in [6, 6.07) is 10.7. The van der Waals surface area contributed by atoms with Crippen molar-refractivity contribution in [2.75, 3.05) is 19.5 Å². The van der Waals surface area contributed by atoms with E-state index in [0.717, 1.165) is 10.3 Å². The molecule has 0 aliphatic heterocycles. The molecule has 27 heavy (non-hydrogen) atoms. The number of thiocarbonyl (C=S) groups is 1. The van der Waals surface area contributed by atoms with Gasteiger partial charge in [0.15, 0.2) is 10.2 Å². The number of thiazole rings is 1. The topological polar surface area (TPSA) is 72.5 Å². The van der Waals surface area contributed by atoms with Crippen molar-refractivity contribution in [2.24, 2.45) is 0 Å². The molecular weight excluding hydrogens is 406 g/mol. The first kappa shape index (κ1) is 19.3. The summed E-state index contributed by atoms with van der Waals surface area (Å²) in [5.74, 6) is 1.05. The molecule has 6 nitrogen and oxygen atoms in total. The predicted octanol–water partition coefficient (Wildman–Crippen LogP) is 4.02. The molecule has 0 radical (unpaired) electrons. The molecule has 9 heteroatoms. The second kappa shape index (κ2) is 8.51. The van der Waals surface area contributed by atoms with Gasteiger partial charge in [-0.3, -0.25) is 4.79 Å². The van der Waals surface area contributed by atoms with Crippen LogP contribution in [0, 0.1) is 0 Å². The van der Waals surface area contributed by atoms with Crippen LogP contribution in [0.25, 0.3) is 10.2 Å². The number of hydrogen-bond acceptors (Lipinski definition) is 6. The predicted molar refractivity (Wildman–Crippen MR) is 112 cm³/mol. The zero-order valence-electron chi connectivity index (χ0n) is 14.5. The van der Waals surface area contributed by atoms with E-state index in [1.165, 1.54) is 11.3 Å². The van der Waals surface area contributed by atoms with Gasteiger partial charge in [-0.1, -0.05) is 35.1 Å². The lowest BCUT2D eigenvalue weighted by Crippen LogP contribution is -2.35. The summed E-state index contributed by atoms with van der Waals surface area (Å²) in [6.07, 6.45) is 0.198. The Morgan fingerprint density at radius 2 is 1.96 bits per heavy atom. The minimum atomic E-state index is -0.227. The summed E-state index contributed by atoms with van der Waals surface area (Å²) in [7, 11) is 3.16. The van der Waals surface area contributed by atoms with Gasteiger partial charge in [-0.05, 0) is 36.0 Å². The number of ether oxygens (including phenoxy) is 2.